The Labute approximate surface area is 154 Å². The van der Waals surface area contributed by atoms with Gasteiger partial charge in [-0.3, -0.25) is 4.79 Å². The molecule has 7 heteroatoms. The molecule has 0 aromatic carbocycles. The highest BCUT2D eigenvalue weighted by Gasteiger charge is 2.54. The molecule has 25 heavy (non-hydrogen) atoms. The van der Waals surface area contributed by atoms with E-state index in [1.165, 1.54) is 17.8 Å². The minimum Gasteiger partial charge on any atom is -0.342 e. The highest BCUT2D eigenvalue weighted by molar-refractivity contribution is 7.91. The van der Waals surface area contributed by atoms with Crippen LogP contribution in [0.25, 0.3) is 0 Å². The van der Waals surface area contributed by atoms with Gasteiger partial charge in [0.2, 0.25) is 5.91 Å². The van der Waals surface area contributed by atoms with Crippen LogP contribution in [0.2, 0.25) is 0 Å². The summed E-state index contributed by atoms with van der Waals surface area (Å²) in [5.41, 5.74) is -0.151. The first-order chi connectivity index (χ1) is 12.0. The Hall–Kier alpha value is -0.920. The van der Waals surface area contributed by atoms with Crippen LogP contribution in [-0.2, 0) is 14.8 Å². The van der Waals surface area contributed by atoms with Crippen molar-refractivity contribution < 1.29 is 13.2 Å². The SMILES string of the molecule is O=C([C@H]1CN(S(=O)(=O)c2cccs2)CC12CCCCC2)N1CCCC1. The van der Waals surface area contributed by atoms with Crippen LogP contribution < -0.4 is 0 Å². The van der Waals surface area contributed by atoms with Crippen molar-refractivity contribution in [2.45, 2.75) is 49.2 Å². The zero-order chi connectivity index (χ0) is 17.5. The van der Waals surface area contributed by atoms with Crippen LogP contribution >= 0.6 is 11.3 Å². The lowest BCUT2D eigenvalue weighted by atomic mass is 9.67. The Kier molecular flexibility index (Phi) is 4.67. The number of carbonyl (C=O) groups excluding carboxylic acids is 1. The first-order valence-electron chi connectivity index (χ1n) is 9.35. The summed E-state index contributed by atoms with van der Waals surface area (Å²) in [6.07, 6.45) is 7.52. The molecular formula is C18H26N2O3S2. The van der Waals surface area contributed by atoms with E-state index in [1.54, 1.807) is 21.8 Å². The Morgan fingerprint density at radius 1 is 1.12 bits per heavy atom. The summed E-state index contributed by atoms with van der Waals surface area (Å²) < 4.78 is 28.0. The maximum atomic E-state index is 13.2. The topological polar surface area (TPSA) is 57.7 Å². The first-order valence-corrected chi connectivity index (χ1v) is 11.7. The average molecular weight is 383 g/mol. The van der Waals surface area contributed by atoms with E-state index < -0.39 is 10.0 Å². The predicted molar refractivity (Wildman–Crippen MR) is 97.9 cm³/mol. The molecule has 0 N–H and O–H groups in total. The second-order valence-corrected chi connectivity index (χ2v) is 10.9. The second-order valence-electron chi connectivity index (χ2n) is 7.74. The van der Waals surface area contributed by atoms with Crippen LogP contribution in [-0.4, -0.2) is 49.7 Å². The molecule has 138 valence electrons. The molecule has 0 bridgehead atoms. The molecule has 1 saturated carbocycles. The summed E-state index contributed by atoms with van der Waals surface area (Å²) in [5.74, 6) is 0.0314. The fourth-order valence-corrected chi connectivity index (χ4v) is 7.60. The number of likely N-dealkylation sites (tertiary alicyclic amines) is 1. The third-order valence-corrected chi connectivity index (χ3v) is 9.46. The Balaban J connectivity index is 1.63. The molecule has 0 unspecified atom stereocenters. The molecule has 3 heterocycles. The van der Waals surface area contributed by atoms with E-state index >= 15 is 0 Å². The van der Waals surface area contributed by atoms with Crippen LogP contribution in [0.15, 0.2) is 21.7 Å². The quantitative estimate of drug-likeness (QED) is 0.808. The summed E-state index contributed by atoms with van der Waals surface area (Å²) in [6, 6.07) is 3.44. The third kappa shape index (κ3) is 3.04. The summed E-state index contributed by atoms with van der Waals surface area (Å²) in [5, 5.41) is 1.80. The molecule has 5 nitrogen and oxygen atoms in total. The Bertz CT molecular complexity index is 718. The summed E-state index contributed by atoms with van der Waals surface area (Å²) in [6.45, 7) is 2.54. The van der Waals surface area contributed by atoms with Crippen molar-refractivity contribution in [3.05, 3.63) is 17.5 Å². The van der Waals surface area contributed by atoms with Gasteiger partial charge in [0.05, 0.1) is 5.92 Å². The van der Waals surface area contributed by atoms with Crippen molar-refractivity contribution in [2.24, 2.45) is 11.3 Å². The third-order valence-electron chi connectivity index (χ3n) is 6.27. The van der Waals surface area contributed by atoms with Crippen LogP contribution in [0.1, 0.15) is 44.9 Å². The second kappa shape index (κ2) is 6.67. The van der Waals surface area contributed by atoms with E-state index in [9.17, 15) is 13.2 Å². The first kappa shape index (κ1) is 17.5. The Morgan fingerprint density at radius 3 is 2.48 bits per heavy atom. The summed E-state index contributed by atoms with van der Waals surface area (Å²) in [7, 11) is -3.48. The van der Waals surface area contributed by atoms with Crippen molar-refractivity contribution in [1.82, 2.24) is 9.21 Å². The van der Waals surface area contributed by atoms with Crippen LogP contribution in [0.4, 0.5) is 0 Å². The number of rotatable bonds is 3. The van der Waals surface area contributed by atoms with E-state index in [0.29, 0.717) is 17.3 Å². The molecule has 0 radical (unpaired) electrons. The largest absolute Gasteiger partial charge is 0.342 e. The van der Waals surface area contributed by atoms with E-state index in [1.807, 2.05) is 4.90 Å². The normalized spacial score (nSPS) is 27.2. The Morgan fingerprint density at radius 2 is 1.84 bits per heavy atom. The molecule has 1 aromatic heterocycles. The van der Waals surface area contributed by atoms with Crippen LogP contribution in [0.5, 0.6) is 0 Å². The molecule has 1 amide bonds. The van der Waals surface area contributed by atoms with E-state index in [-0.39, 0.29) is 17.2 Å². The monoisotopic (exact) mass is 382 g/mol. The minimum absolute atomic E-state index is 0.151. The standard InChI is InChI=1S/C18H26N2O3S2/c21-17(19-10-4-5-11-19)15-13-20(14-18(15)8-2-1-3-9-18)25(22,23)16-7-6-12-24-16/h6-7,12,15H,1-5,8-11,13-14H2/t15-/m1/s1. The fraction of sp³-hybridized carbons (Fsp3) is 0.722. The van der Waals surface area contributed by atoms with Crippen LogP contribution in [0.3, 0.4) is 0 Å². The summed E-state index contributed by atoms with van der Waals surface area (Å²) >= 11 is 1.26. The maximum Gasteiger partial charge on any atom is 0.252 e. The number of amides is 1. The van der Waals surface area contributed by atoms with Gasteiger partial charge in [0.1, 0.15) is 4.21 Å². The van der Waals surface area contributed by atoms with Crippen molar-refractivity contribution in [3.8, 4) is 0 Å². The molecule has 1 aliphatic carbocycles. The van der Waals surface area contributed by atoms with E-state index in [4.69, 9.17) is 0 Å². The van der Waals surface area contributed by atoms with Gasteiger partial charge in [0, 0.05) is 26.2 Å². The number of hydrogen-bond acceptors (Lipinski definition) is 4. The molecule has 4 rings (SSSR count). The van der Waals surface area contributed by atoms with Gasteiger partial charge in [-0.2, -0.15) is 4.31 Å². The van der Waals surface area contributed by atoms with E-state index in [2.05, 4.69) is 0 Å². The van der Waals surface area contributed by atoms with Gasteiger partial charge >= 0.3 is 0 Å². The summed E-state index contributed by atoms with van der Waals surface area (Å²) in [4.78, 5) is 15.2. The van der Waals surface area contributed by atoms with Gasteiger partial charge in [-0.1, -0.05) is 25.3 Å². The molecule has 1 aromatic rings. The van der Waals surface area contributed by atoms with Gasteiger partial charge in [-0.05, 0) is 42.5 Å². The lowest BCUT2D eigenvalue weighted by Gasteiger charge is -2.38. The van der Waals surface area contributed by atoms with Gasteiger partial charge in [0.25, 0.3) is 10.0 Å². The van der Waals surface area contributed by atoms with E-state index in [0.717, 1.165) is 51.6 Å². The highest BCUT2D eigenvalue weighted by atomic mass is 32.2. The molecule has 2 aliphatic heterocycles. The lowest BCUT2D eigenvalue weighted by molar-refractivity contribution is -0.138. The van der Waals surface area contributed by atoms with Gasteiger partial charge in [0.15, 0.2) is 0 Å². The molecule has 1 atom stereocenters. The van der Waals surface area contributed by atoms with Crippen molar-refractivity contribution >= 4 is 27.3 Å². The van der Waals surface area contributed by atoms with Crippen molar-refractivity contribution in [3.63, 3.8) is 0 Å². The fourth-order valence-electron chi connectivity index (χ4n) is 4.90. The molecule has 3 fully saturated rings. The minimum atomic E-state index is -3.48. The van der Waals surface area contributed by atoms with Crippen molar-refractivity contribution in [1.29, 1.82) is 0 Å². The highest BCUT2D eigenvalue weighted by Crippen LogP contribution is 2.49. The predicted octanol–water partition coefficient (Wildman–Crippen LogP) is 2.94. The number of nitrogens with zero attached hydrogens (tertiary/aromatic N) is 2. The van der Waals surface area contributed by atoms with Crippen molar-refractivity contribution in [2.75, 3.05) is 26.2 Å². The number of thiophene rings is 1. The molecule has 3 aliphatic rings. The average Bonchev–Trinajstić information content (AvgIpc) is 3.36. The number of carbonyl (C=O) groups is 1. The number of hydrogen-bond donors (Lipinski definition) is 0. The zero-order valence-corrected chi connectivity index (χ0v) is 16.2. The lowest BCUT2D eigenvalue weighted by Crippen LogP contribution is -2.43. The number of sulfonamides is 1. The molecular weight excluding hydrogens is 356 g/mol. The molecule has 1 spiro atoms. The molecule has 2 saturated heterocycles. The van der Waals surface area contributed by atoms with Gasteiger partial charge in [-0.25, -0.2) is 8.42 Å². The smallest absolute Gasteiger partial charge is 0.252 e. The van der Waals surface area contributed by atoms with Crippen LogP contribution in [0, 0.1) is 11.3 Å². The van der Waals surface area contributed by atoms with Gasteiger partial charge in [-0.15, -0.1) is 11.3 Å². The maximum absolute atomic E-state index is 13.2. The zero-order valence-electron chi connectivity index (χ0n) is 14.5. The van der Waals surface area contributed by atoms with Gasteiger partial charge < -0.3 is 4.90 Å².